The van der Waals surface area contributed by atoms with Gasteiger partial charge in [-0.25, -0.2) is 4.39 Å². The number of carbonyl (C=O) groups excluding carboxylic acids is 2. The molecule has 2 amide bonds. The number of nitrogens with zero attached hydrogens (tertiary/aromatic N) is 1. The Morgan fingerprint density at radius 2 is 2.00 bits per heavy atom. The molecule has 0 unspecified atom stereocenters. The summed E-state index contributed by atoms with van der Waals surface area (Å²) in [4.78, 5) is 24.6. The van der Waals surface area contributed by atoms with Crippen LogP contribution < -0.4 is 21.7 Å². The van der Waals surface area contributed by atoms with E-state index in [0.29, 0.717) is 6.54 Å². The monoisotopic (exact) mass is 296 g/mol. The van der Waals surface area contributed by atoms with Crippen LogP contribution in [0.5, 0.6) is 0 Å². The van der Waals surface area contributed by atoms with Crippen molar-refractivity contribution < 1.29 is 14.0 Å². The Morgan fingerprint density at radius 3 is 2.48 bits per heavy atom. The molecule has 21 heavy (non-hydrogen) atoms. The van der Waals surface area contributed by atoms with E-state index in [0.717, 1.165) is 6.07 Å². The van der Waals surface area contributed by atoms with Gasteiger partial charge in [0.25, 0.3) is 5.91 Å². The third kappa shape index (κ3) is 4.34. The lowest BCUT2D eigenvalue weighted by atomic mass is 10.1. The van der Waals surface area contributed by atoms with Crippen molar-refractivity contribution in [2.45, 2.75) is 26.8 Å². The summed E-state index contributed by atoms with van der Waals surface area (Å²) in [7, 11) is 0. The zero-order chi connectivity index (χ0) is 16.2. The highest BCUT2D eigenvalue weighted by Gasteiger charge is 2.18. The van der Waals surface area contributed by atoms with Gasteiger partial charge < -0.3 is 21.7 Å². The molecule has 116 valence electrons. The van der Waals surface area contributed by atoms with Crippen molar-refractivity contribution in [2.75, 3.05) is 23.7 Å². The van der Waals surface area contributed by atoms with Crippen LogP contribution in [0.3, 0.4) is 0 Å². The highest BCUT2D eigenvalue weighted by atomic mass is 19.1. The van der Waals surface area contributed by atoms with Crippen molar-refractivity contribution in [1.29, 1.82) is 0 Å². The standard InChI is InChI=1S/C14H21FN4O2/c1-4-19(7-13(20)18-8(2)3)12-5-9(14(17)21)11(16)6-10(12)15/h5-6,8H,4,7,16H2,1-3H3,(H2,17,21)(H,18,20). The maximum Gasteiger partial charge on any atom is 0.250 e. The van der Waals surface area contributed by atoms with Gasteiger partial charge in [0.05, 0.1) is 17.8 Å². The average molecular weight is 296 g/mol. The third-order valence-corrected chi connectivity index (χ3v) is 2.89. The predicted molar refractivity (Wildman–Crippen MR) is 80.5 cm³/mol. The van der Waals surface area contributed by atoms with Crippen LogP contribution in [0.1, 0.15) is 31.1 Å². The molecule has 0 bridgehead atoms. The Bertz CT molecular complexity index is 546. The van der Waals surface area contributed by atoms with Crippen molar-refractivity contribution in [3.63, 3.8) is 0 Å². The number of anilines is 2. The summed E-state index contributed by atoms with van der Waals surface area (Å²) < 4.78 is 14.0. The van der Waals surface area contributed by atoms with Crippen LogP contribution >= 0.6 is 0 Å². The van der Waals surface area contributed by atoms with E-state index >= 15 is 0 Å². The van der Waals surface area contributed by atoms with E-state index in [1.165, 1.54) is 11.0 Å². The molecule has 0 aliphatic carbocycles. The van der Waals surface area contributed by atoms with Gasteiger partial charge in [0.2, 0.25) is 5.91 Å². The van der Waals surface area contributed by atoms with Gasteiger partial charge in [-0.2, -0.15) is 0 Å². The highest BCUT2D eigenvalue weighted by Crippen LogP contribution is 2.25. The van der Waals surface area contributed by atoms with E-state index in [9.17, 15) is 14.0 Å². The van der Waals surface area contributed by atoms with Crippen molar-refractivity contribution in [3.8, 4) is 0 Å². The van der Waals surface area contributed by atoms with Gasteiger partial charge in [-0.05, 0) is 32.9 Å². The van der Waals surface area contributed by atoms with Gasteiger partial charge in [-0.15, -0.1) is 0 Å². The van der Waals surface area contributed by atoms with Crippen LogP contribution in [0.25, 0.3) is 0 Å². The molecule has 0 spiro atoms. The molecule has 0 heterocycles. The summed E-state index contributed by atoms with van der Waals surface area (Å²) in [6.45, 7) is 5.83. The molecule has 5 N–H and O–H groups in total. The lowest BCUT2D eigenvalue weighted by Gasteiger charge is -2.24. The number of hydrogen-bond acceptors (Lipinski definition) is 4. The van der Waals surface area contributed by atoms with Crippen LogP contribution in [0, 0.1) is 5.82 Å². The van der Waals surface area contributed by atoms with E-state index in [1.54, 1.807) is 6.92 Å². The molecule has 0 saturated heterocycles. The average Bonchev–Trinajstić information content (AvgIpc) is 2.35. The first kappa shape index (κ1) is 16.7. The maximum absolute atomic E-state index is 14.0. The molecule has 0 aromatic heterocycles. The highest BCUT2D eigenvalue weighted by molar-refractivity contribution is 5.99. The summed E-state index contributed by atoms with van der Waals surface area (Å²) in [5, 5.41) is 2.73. The second-order valence-electron chi connectivity index (χ2n) is 4.99. The SMILES string of the molecule is CCN(CC(=O)NC(C)C)c1cc(C(N)=O)c(N)cc1F. The zero-order valence-corrected chi connectivity index (χ0v) is 12.4. The number of hydrogen-bond donors (Lipinski definition) is 3. The quantitative estimate of drug-likeness (QED) is 0.677. The normalized spacial score (nSPS) is 10.5. The first-order valence-electron chi connectivity index (χ1n) is 6.69. The summed E-state index contributed by atoms with van der Waals surface area (Å²) in [6, 6.07) is 2.31. The van der Waals surface area contributed by atoms with E-state index in [2.05, 4.69) is 5.32 Å². The topological polar surface area (TPSA) is 101 Å². The van der Waals surface area contributed by atoms with Gasteiger partial charge in [-0.1, -0.05) is 0 Å². The third-order valence-electron chi connectivity index (χ3n) is 2.89. The zero-order valence-electron chi connectivity index (χ0n) is 12.4. The molecular weight excluding hydrogens is 275 g/mol. The van der Waals surface area contributed by atoms with Gasteiger partial charge in [0.1, 0.15) is 5.82 Å². The second-order valence-corrected chi connectivity index (χ2v) is 4.99. The fraction of sp³-hybridized carbons (Fsp3) is 0.429. The molecule has 1 aromatic carbocycles. The van der Waals surface area contributed by atoms with E-state index in [4.69, 9.17) is 11.5 Å². The Hall–Kier alpha value is -2.31. The molecule has 0 fully saturated rings. The number of halogens is 1. The van der Waals surface area contributed by atoms with Gasteiger partial charge in [0.15, 0.2) is 0 Å². The molecule has 0 aliphatic heterocycles. The minimum absolute atomic E-state index is 0.00588. The number of nitrogens with one attached hydrogen (secondary N) is 1. The number of nitrogens with two attached hydrogens (primary N) is 2. The summed E-state index contributed by atoms with van der Waals surface area (Å²) >= 11 is 0. The van der Waals surface area contributed by atoms with E-state index < -0.39 is 11.7 Å². The van der Waals surface area contributed by atoms with Crippen molar-refractivity contribution in [1.82, 2.24) is 5.32 Å². The molecule has 1 aromatic rings. The summed E-state index contributed by atoms with van der Waals surface area (Å²) in [6.07, 6.45) is 0. The maximum atomic E-state index is 14.0. The lowest BCUT2D eigenvalue weighted by Crippen LogP contribution is -2.40. The lowest BCUT2D eigenvalue weighted by molar-refractivity contribution is -0.120. The minimum Gasteiger partial charge on any atom is -0.398 e. The molecule has 0 saturated carbocycles. The number of nitrogen functional groups attached to an aromatic ring is 1. The fourth-order valence-electron chi connectivity index (χ4n) is 1.94. The number of carbonyl (C=O) groups is 2. The largest absolute Gasteiger partial charge is 0.398 e. The molecule has 7 heteroatoms. The number of likely N-dealkylation sites (N-methyl/N-ethyl adjacent to an activating group) is 1. The van der Waals surface area contributed by atoms with Crippen molar-refractivity contribution in [3.05, 3.63) is 23.5 Å². The number of primary amides is 1. The Labute approximate surface area is 123 Å². The Kier molecular flexibility index (Phi) is 5.52. The van der Waals surface area contributed by atoms with Crippen LogP contribution in [0.4, 0.5) is 15.8 Å². The first-order valence-corrected chi connectivity index (χ1v) is 6.69. The molecule has 0 aliphatic rings. The van der Waals surface area contributed by atoms with Crippen LogP contribution in [0.2, 0.25) is 0 Å². The second kappa shape index (κ2) is 6.92. The number of benzene rings is 1. The van der Waals surface area contributed by atoms with E-state index in [-0.39, 0.29) is 35.4 Å². The molecule has 6 nitrogen and oxygen atoms in total. The summed E-state index contributed by atoms with van der Waals surface area (Å²) in [5.74, 6) is -1.57. The Morgan fingerprint density at radius 1 is 1.38 bits per heavy atom. The first-order chi connectivity index (χ1) is 9.76. The minimum atomic E-state index is -0.739. The van der Waals surface area contributed by atoms with Crippen molar-refractivity contribution >= 4 is 23.2 Å². The van der Waals surface area contributed by atoms with Crippen LogP contribution in [-0.2, 0) is 4.79 Å². The van der Waals surface area contributed by atoms with Gasteiger partial charge in [0, 0.05) is 18.3 Å². The van der Waals surface area contributed by atoms with Gasteiger partial charge >= 0.3 is 0 Å². The number of amides is 2. The van der Waals surface area contributed by atoms with Crippen LogP contribution in [-0.4, -0.2) is 30.9 Å². The summed E-state index contributed by atoms with van der Waals surface area (Å²) in [5.41, 5.74) is 10.9. The molecular formula is C14H21FN4O2. The van der Waals surface area contributed by atoms with E-state index in [1.807, 2.05) is 13.8 Å². The predicted octanol–water partition coefficient (Wildman–Crippen LogP) is 0.858. The molecule has 1 rings (SSSR count). The van der Waals surface area contributed by atoms with Crippen molar-refractivity contribution in [2.24, 2.45) is 5.73 Å². The van der Waals surface area contributed by atoms with Crippen LogP contribution in [0.15, 0.2) is 12.1 Å². The fourth-order valence-corrected chi connectivity index (χ4v) is 1.94. The van der Waals surface area contributed by atoms with Gasteiger partial charge in [-0.3, -0.25) is 9.59 Å². The Balaban J connectivity index is 3.08. The molecule has 0 radical (unpaired) electrons. The smallest absolute Gasteiger partial charge is 0.250 e. The number of rotatable bonds is 6. The molecule has 0 atom stereocenters.